The summed E-state index contributed by atoms with van der Waals surface area (Å²) in [6.07, 6.45) is 3.65. The van der Waals surface area contributed by atoms with Gasteiger partial charge in [0.1, 0.15) is 12.4 Å². The zero-order valence-electron chi connectivity index (χ0n) is 21.0. The highest BCUT2D eigenvalue weighted by Crippen LogP contribution is 2.22. The molecule has 0 bridgehead atoms. The van der Waals surface area contributed by atoms with Crippen molar-refractivity contribution in [2.45, 2.75) is 46.1 Å². The Balaban J connectivity index is 1.53. The largest absolute Gasteiger partial charge is 0.490 e. The van der Waals surface area contributed by atoms with Gasteiger partial charge >= 0.3 is 5.97 Å². The van der Waals surface area contributed by atoms with Crippen LogP contribution in [-0.4, -0.2) is 31.9 Å². The third-order valence-corrected chi connectivity index (χ3v) is 5.67. The molecule has 4 heteroatoms. The Morgan fingerprint density at radius 2 is 1.49 bits per heavy atom. The molecule has 0 aliphatic heterocycles. The first-order valence-corrected chi connectivity index (χ1v) is 12.4. The molecule has 0 saturated carbocycles. The summed E-state index contributed by atoms with van der Waals surface area (Å²) in [6, 6.07) is 26.8. The van der Waals surface area contributed by atoms with Gasteiger partial charge in [0.15, 0.2) is 6.10 Å². The first-order chi connectivity index (χ1) is 17.1. The highest BCUT2D eigenvalue weighted by Gasteiger charge is 2.21. The molecule has 4 nitrogen and oxygen atoms in total. The predicted molar refractivity (Wildman–Crippen MR) is 142 cm³/mol. The average Bonchev–Trinajstić information content (AvgIpc) is 2.91. The van der Waals surface area contributed by atoms with Crippen molar-refractivity contribution < 1.29 is 19.0 Å². The first kappa shape index (κ1) is 26.2. The number of allylic oxidation sites excluding steroid dienone is 1. The van der Waals surface area contributed by atoms with Crippen LogP contribution in [-0.2, 0) is 20.7 Å². The predicted octanol–water partition coefficient (Wildman–Crippen LogP) is 7.13. The lowest BCUT2D eigenvalue weighted by Gasteiger charge is -2.17. The minimum absolute atomic E-state index is 0.293. The van der Waals surface area contributed by atoms with Crippen LogP contribution in [0.4, 0.5) is 0 Å². The van der Waals surface area contributed by atoms with Gasteiger partial charge in [0.2, 0.25) is 0 Å². The second kappa shape index (κ2) is 14.1. The van der Waals surface area contributed by atoms with Crippen LogP contribution in [0.5, 0.6) is 5.75 Å². The van der Waals surface area contributed by atoms with Crippen LogP contribution >= 0.6 is 0 Å². The third-order valence-electron chi connectivity index (χ3n) is 5.67. The van der Waals surface area contributed by atoms with E-state index >= 15 is 0 Å². The van der Waals surface area contributed by atoms with Crippen LogP contribution in [0.15, 0.2) is 84.9 Å². The lowest BCUT2D eigenvalue weighted by molar-refractivity contribution is -0.157. The highest BCUT2D eigenvalue weighted by molar-refractivity contribution is 5.75. The lowest BCUT2D eigenvalue weighted by atomic mass is 10.0. The number of rotatable bonds is 13. The third kappa shape index (κ3) is 8.41. The van der Waals surface area contributed by atoms with Gasteiger partial charge in [-0.2, -0.15) is 0 Å². The van der Waals surface area contributed by atoms with Crippen molar-refractivity contribution in [1.29, 1.82) is 0 Å². The Kier molecular flexibility index (Phi) is 10.6. The fraction of sp³-hybridized carbons (Fsp3) is 0.323. The Hall–Kier alpha value is -3.37. The first-order valence-electron chi connectivity index (χ1n) is 12.4. The number of esters is 1. The van der Waals surface area contributed by atoms with E-state index < -0.39 is 6.10 Å². The lowest BCUT2D eigenvalue weighted by Crippen LogP contribution is -2.29. The molecule has 0 aliphatic carbocycles. The minimum Gasteiger partial charge on any atom is -0.490 e. The molecule has 184 valence electrons. The smallest absolute Gasteiger partial charge is 0.335 e. The van der Waals surface area contributed by atoms with Crippen molar-refractivity contribution in [1.82, 2.24) is 0 Å². The summed E-state index contributed by atoms with van der Waals surface area (Å²) in [5.41, 5.74) is 5.78. The van der Waals surface area contributed by atoms with Crippen molar-refractivity contribution in [3.05, 3.63) is 96.1 Å². The molecule has 0 N–H and O–H groups in total. The van der Waals surface area contributed by atoms with E-state index in [1.54, 1.807) is 0 Å². The number of carbonyl (C=O) groups is 1. The van der Waals surface area contributed by atoms with Gasteiger partial charge in [0, 0.05) is 13.0 Å². The maximum absolute atomic E-state index is 12.3. The van der Waals surface area contributed by atoms with Crippen molar-refractivity contribution in [3.63, 3.8) is 0 Å². The molecule has 0 fully saturated rings. The molecule has 0 heterocycles. The van der Waals surface area contributed by atoms with Gasteiger partial charge in [-0.15, -0.1) is 0 Å². The second-order valence-corrected chi connectivity index (χ2v) is 8.52. The SMILES string of the molecule is CCCOC(=O)C(Cc1ccc(OC/C=C(\C)c2ccc(-c3ccccc3)cc2)cc1)OCCC. The van der Waals surface area contributed by atoms with Crippen molar-refractivity contribution in [2.24, 2.45) is 0 Å². The zero-order valence-corrected chi connectivity index (χ0v) is 21.0. The number of hydrogen-bond donors (Lipinski definition) is 0. The monoisotopic (exact) mass is 472 g/mol. The fourth-order valence-corrected chi connectivity index (χ4v) is 3.64. The van der Waals surface area contributed by atoms with E-state index in [0.717, 1.165) is 24.2 Å². The molecule has 0 aliphatic rings. The Morgan fingerprint density at radius 3 is 2.14 bits per heavy atom. The molecule has 3 aromatic rings. The van der Waals surface area contributed by atoms with Gasteiger partial charge in [-0.3, -0.25) is 0 Å². The fourth-order valence-electron chi connectivity index (χ4n) is 3.64. The van der Waals surface area contributed by atoms with Crippen LogP contribution in [0.1, 0.15) is 44.7 Å². The standard InChI is InChI=1S/C31H36O4/c1-4-20-34-30(31(32)35-21-5-2)23-25-11-17-29(18-12-25)33-22-19-24(3)26-13-15-28(16-14-26)27-9-7-6-8-10-27/h6-19,30H,4-5,20-23H2,1-3H3/b24-19+. The maximum atomic E-state index is 12.3. The van der Waals surface area contributed by atoms with Crippen molar-refractivity contribution in [3.8, 4) is 16.9 Å². The van der Waals surface area contributed by atoms with E-state index in [-0.39, 0.29) is 5.97 Å². The van der Waals surface area contributed by atoms with E-state index in [4.69, 9.17) is 14.2 Å². The van der Waals surface area contributed by atoms with Crippen LogP contribution in [0, 0.1) is 0 Å². The average molecular weight is 473 g/mol. The summed E-state index contributed by atoms with van der Waals surface area (Å²) in [6.45, 7) is 7.54. The van der Waals surface area contributed by atoms with Crippen molar-refractivity contribution in [2.75, 3.05) is 19.8 Å². The number of ether oxygens (including phenoxy) is 3. The van der Waals surface area contributed by atoms with Crippen molar-refractivity contribution >= 4 is 11.5 Å². The quantitative estimate of drug-likeness (QED) is 0.248. The van der Waals surface area contributed by atoms with Crippen LogP contribution in [0.2, 0.25) is 0 Å². The molecule has 0 amide bonds. The van der Waals surface area contributed by atoms with E-state index in [2.05, 4.69) is 61.5 Å². The van der Waals surface area contributed by atoms with Gasteiger partial charge in [-0.05, 0) is 65.8 Å². The molecular weight excluding hydrogens is 436 g/mol. The zero-order chi connectivity index (χ0) is 24.9. The molecule has 0 saturated heterocycles. The van der Waals surface area contributed by atoms with Crippen LogP contribution in [0.25, 0.3) is 16.7 Å². The molecule has 3 rings (SSSR count). The summed E-state index contributed by atoms with van der Waals surface area (Å²) < 4.78 is 16.9. The molecule has 0 radical (unpaired) electrons. The van der Waals surface area contributed by atoms with Crippen LogP contribution < -0.4 is 4.74 Å². The van der Waals surface area contributed by atoms with Gasteiger partial charge in [-0.25, -0.2) is 4.79 Å². The molecule has 0 aromatic heterocycles. The molecule has 0 spiro atoms. The molecule has 3 aromatic carbocycles. The Labute approximate surface area is 209 Å². The highest BCUT2D eigenvalue weighted by atomic mass is 16.6. The normalized spacial score (nSPS) is 12.3. The summed E-state index contributed by atoms with van der Waals surface area (Å²) >= 11 is 0. The van der Waals surface area contributed by atoms with Gasteiger partial charge < -0.3 is 14.2 Å². The Morgan fingerprint density at radius 1 is 0.829 bits per heavy atom. The Bertz CT molecular complexity index is 1050. The molecule has 1 atom stereocenters. The topological polar surface area (TPSA) is 44.8 Å². The van der Waals surface area contributed by atoms with Gasteiger partial charge in [0.25, 0.3) is 0 Å². The molecular formula is C31H36O4. The molecule has 35 heavy (non-hydrogen) atoms. The summed E-state index contributed by atoms with van der Waals surface area (Å²) in [5.74, 6) is 0.495. The van der Waals surface area contributed by atoms with Gasteiger partial charge in [0.05, 0.1) is 6.61 Å². The summed E-state index contributed by atoms with van der Waals surface area (Å²) in [7, 11) is 0. The number of hydrogen-bond acceptors (Lipinski definition) is 4. The second-order valence-electron chi connectivity index (χ2n) is 8.52. The van der Waals surface area contributed by atoms with Crippen LogP contribution in [0.3, 0.4) is 0 Å². The van der Waals surface area contributed by atoms with E-state index in [9.17, 15) is 4.79 Å². The van der Waals surface area contributed by atoms with E-state index in [1.165, 1.54) is 22.3 Å². The summed E-state index contributed by atoms with van der Waals surface area (Å²) in [5, 5.41) is 0. The number of carbonyl (C=O) groups excluding carboxylic acids is 1. The van der Waals surface area contributed by atoms with E-state index in [1.807, 2.05) is 44.2 Å². The van der Waals surface area contributed by atoms with Gasteiger partial charge in [-0.1, -0.05) is 80.6 Å². The van der Waals surface area contributed by atoms with E-state index in [0.29, 0.717) is 26.2 Å². The maximum Gasteiger partial charge on any atom is 0.335 e. The summed E-state index contributed by atoms with van der Waals surface area (Å²) in [4.78, 5) is 12.3. The molecule has 1 unspecified atom stereocenters. The minimum atomic E-state index is -0.577. The number of benzene rings is 3.